The molecule has 0 spiro atoms. The van der Waals surface area contributed by atoms with E-state index < -0.39 is 11.9 Å². The summed E-state index contributed by atoms with van der Waals surface area (Å²) in [5.41, 5.74) is 0.232. The predicted octanol–water partition coefficient (Wildman–Crippen LogP) is 4.39. The first-order valence-corrected chi connectivity index (χ1v) is 11.9. The number of nitrogens with zero attached hydrogens (tertiary/aromatic N) is 1. The van der Waals surface area contributed by atoms with Crippen LogP contribution in [0.4, 0.5) is 0 Å². The van der Waals surface area contributed by atoms with Crippen LogP contribution < -0.4 is 29.6 Å². The molecule has 6 heteroatoms. The number of unbranched alkanes of at least 4 members (excludes halogenated alkanes) is 15. The molecule has 0 aliphatic carbocycles. The topological polar surface area (TPSA) is 87.0 Å². The molecule has 0 atom stereocenters. The zero-order valence-electron chi connectivity index (χ0n) is 21.4. The van der Waals surface area contributed by atoms with E-state index in [0.29, 0.717) is 6.54 Å². The summed E-state index contributed by atoms with van der Waals surface area (Å²) in [5, 5.41) is 16.4. The van der Waals surface area contributed by atoms with Gasteiger partial charge in [0.05, 0.1) is 0 Å². The van der Waals surface area contributed by atoms with Crippen LogP contribution in [0, 0.1) is 0 Å². The van der Waals surface area contributed by atoms with Crippen LogP contribution in [0.1, 0.15) is 131 Å². The maximum atomic E-state index is 10.6. The minimum Gasteiger partial charge on any atom is -1.00 e. The smallest absolute Gasteiger partial charge is 1.00 e. The van der Waals surface area contributed by atoms with Gasteiger partial charge in [-0.05, 0) is 13.3 Å². The quantitative estimate of drug-likeness (QED) is 0.178. The second-order valence-electron chi connectivity index (χ2n) is 7.82. The van der Waals surface area contributed by atoms with Crippen LogP contribution >= 0.6 is 0 Å². The van der Waals surface area contributed by atoms with E-state index in [1.54, 1.807) is 13.8 Å². The van der Waals surface area contributed by atoms with E-state index >= 15 is 0 Å². The number of aliphatic imine (C=N–C) groups is 1. The van der Waals surface area contributed by atoms with Gasteiger partial charge < -0.3 is 11.6 Å². The molecule has 0 bridgehead atoms. The summed E-state index contributed by atoms with van der Waals surface area (Å²) < 4.78 is 0. The number of hydrogen-bond donors (Lipinski definition) is 2. The molecule has 2 N–H and O–H groups in total. The predicted molar refractivity (Wildman–Crippen MR) is 124 cm³/mol. The number of carboxylic acid groups (broad SMARTS) is 2. The van der Waals surface area contributed by atoms with Crippen LogP contribution in [0.15, 0.2) is 4.99 Å². The van der Waals surface area contributed by atoms with Gasteiger partial charge in [-0.3, -0.25) is 9.79 Å². The molecule has 0 saturated heterocycles. The van der Waals surface area contributed by atoms with E-state index in [-0.39, 0.29) is 43.1 Å². The first-order valence-electron chi connectivity index (χ1n) is 11.9. The Hall–Kier alpha value is -0.390. The van der Waals surface area contributed by atoms with Crippen molar-refractivity contribution in [2.75, 3.05) is 6.54 Å². The Labute approximate surface area is 209 Å². The van der Waals surface area contributed by atoms with Gasteiger partial charge in [0.2, 0.25) is 0 Å². The van der Waals surface area contributed by atoms with Gasteiger partial charge in [-0.15, -0.1) is 0 Å². The van der Waals surface area contributed by atoms with Crippen LogP contribution in [0.25, 0.3) is 0 Å². The molecule has 30 heavy (non-hydrogen) atoms. The fourth-order valence-electron chi connectivity index (χ4n) is 2.97. The number of carboxylic acids is 2. The standard InChI is InChI=1S/C21H41NO2.C3H6O2.Na.H/c1-3-4-5-6-7-8-9-10-11-12-13-14-15-16-17-18-19-22-20(2)21(23)24;1-2-3(4)5;;/h3-19H2,1-2H3,(H,23,24);2H2,1H3,(H,4,5);;/q;;+1;-1. The van der Waals surface area contributed by atoms with Crippen molar-refractivity contribution in [3.8, 4) is 0 Å². The SMILES string of the molecule is CCC(=O)O.CCCCCCCCCCCCCCCCCCN=C(C)C(=O)O.[H-].[Na+]. The largest absolute Gasteiger partial charge is 1.00 e. The maximum absolute atomic E-state index is 10.6. The molecule has 0 aromatic heterocycles. The summed E-state index contributed by atoms with van der Waals surface area (Å²) >= 11 is 0. The van der Waals surface area contributed by atoms with E-state index in [1.807, 2.05) is 0 Å². The van der Waals surface area contributed by atoms with Crippen LogP contribution in [-0.4, -0.2) is 34.4 Å². The van der Waals surface area contributed by atoms with Crippen molar-refractivity contribution < 1.29 is 50.8 Å². The van der Waals surface area contributed by atoms with Crippen molar-refractivity contribution in [2.45, 2.75) is 130 Å². The van der Waals surface area contributed by atoms with Crippen molar-refractivity contribution in [3.05, 3.63) is 0 Å². The van der Waals surface area contributed by atoms with E-state index in [4.69, 9.17) is 10.2 Å². The molecule has 0 saturated carbocycles. The van der Waals surface area contributed by atoms with Gasteiger partial charge in [0.15, 0.2) is 0 Å². The number of rotatable bonds is 19. The van der Waals surface area contributed by atoms with Crippen molar-refractivity contribution >= 4 is 17.7 Å². The van der Waals surface area contributed by atoms with Gasteiger partial charge in [-0.2, -0.15) is 0 Å². The third-order valence-electron chi connectivity index (χ3n) is 4.97. The summed E-state index contributed by atoms with van der Waals surface area (Å²) in [6.45, 7) is 6.10. The van der Waals surface area contributed by atoms with Crippen LogP contribution in [-0.2, 0) is 9.59 Å². The molecule has 0 heterocycles. The Morgan fingerprint density at radius 3 is 1.23 bits per heavy atom. The average molecular weight is 438 g/mol. The molecule has 0 fully saturated rings. The molecule has 174 valence electrons. The second kappa shape index (κ2) is 28.6. The summed E-state index contributed by atoms with van der Waals surface area (Å²) in [6.07, 6.45) is 21.9. The monoisotopic (exact) mass is 437 g/mol. The number of aliphatic carboxylic acids is 2. The van der Waals surface area contributed by atoms with Gasteiger partial charge in [0, 0.05) is 13.0 Å². The first-order chi connectivity index (χ1) is 14.0. The molecule has 0 aromatic carbocycles. The van der Waals surface area contributed by atoms with Gasteiger partial charge >= 0.3 is 41.5 Å². The Balaban J connectivity index is -0.000000464. The summed E-state index contributed by atoms with van der Waals surface area (Å²) in [7, 11) is 0. The van der Waals surface area contributed by atoms with Gasteiger partial charge in [-0.25, -0.2) is 4.79 Å². The minimum atomic E-state index is -0.897. The normalized spacial score (nSPS) is 10.7. The van der Waals surface area contributed by atoms with E-state index in [9.17, 15) is 9.59 Å². The Bertz CT molecular complexity index is 420. The minimum absolute atomic E-state index is 0. The molecule has 0 unspecified atom stereocenters. The first kappa shape index (κ1) is 34.2. The van der Waals surface area contributed by atoms with Gasteiger partial charge in [-0.1, -0.05) is 110 Å². The van der Waals surface area contributed by atoms with Crippen LogP contribution in [0.2, 0.25) is 0 Å². The molecule has 0 aliphatic rings. The molecule has 0 amide bonds. The zero-order chi connectivity index (χ0) is 22.2. The van der Waals surface area contributed by atoms with Gasteiger partial charge in [0.1, 0.15) is 5.71 Å². The third-order valence-corrected chi connectivity index (χ3v) is 4.97. The van der Waals surface area contributed by atoms with E-state index in [1.165, 1.54) is 96.3 Å². The molecule has 5 nitrogen and oxygen atoms in total. The van der Waals surface area contributed by atoms with Crippen LogP contribution in [0.3, 0.4) is 0 Å². The van der Waals surface area contributed by atoms with Crippen LogP contribution in [0.5, 0.6) is 0 Å². The molecular formula is C24H48NNaO4. The molecule has 0 aliphatic heterocycles. The fraction of sp³-hybridized carbons (Fsp3) is 0.875. The summed E-state index contributed by atoms with van der Waals surface area (Å²) in [4.78, 5) is 24.0. The average Bonchev–Trinajstić information content (AvgIpc) is 2.70. The Kier molecular flexibility index (Phi) is 32.6. The Morgan fingerprint density at radius 1 is 0.667 bits per heavy atom. The third kappa shape index (κ3) is 32.3. The van der Waals surface area contributed by atoms with E-state index in [2.05, 4.69) is 11.9 Å². The molecule has 0 radical (unpaired) electrons. The van der Waals surface area contributed by atoms with Crippen molar-refractivity contribution in [1.82, 2.24) is 0 Å². The number of carbonyl (C=O) groups is 2. The number of hydrogen-bond acceptors (Lipinski definition) is 3. The van der Waals surface area contributed by atoms with E-state index in [0.717, 1.165) is 6.42 Å². The molecule has 0 aromatic rings. The Morgan fingerprint density at radius 2 is 0.967 bits per heavy atom. The maximum Gasteiger partial charge on any atom is 1.00 e. The summed E-state index contributed by atoms with van der Waals surface area (Å²) in [6, 6.07) is 0. The van der Waals surface area contributed by atoms with Crippen molar-refractivity contribution in [1.29, 1.82) is 0 Å². The van der Waals surface area contributed by atoms with Crippen molar-refractivity contribution in [3.63, 3.8) is 0 Å². The zero-order valence-corrected chi connectivity index (χ0v) is 22.4. The second-order valence-corrected chi connectivity index (χ2v) is 7.82. The summed E-state index contributed by atoms with van der Waals surface area (Å²) in [5.74, 6) is -1.64. The van der Waals surface area contributed by atoms with Crippen molar-refractivity contribution in [2.24, 2.45) is 4.99 Å². The van der Waals surface area contributed by atoms with Gasteiger partial charge in [0.25, 0.3) is 0 Å². The molecule has 0 rings (SSSR count). The fourth-order valence-corrected chi connectivity index (χ4v) is 2.97. The molecular weight excluding hydrogens is 389 g/mol.